The minimum absolute atomic E-state index is 0.00724. The van der Waals surface area contributed by atoms with Crippen molar-refractivity contribution >= 4 is 15.9 Å². The minimum atomic E-state index is -3.92. The average molecular weight is 495 g/mol. The fraction of sp³-hybridized carbons (Fsp3) is 0.321. The van der Waals surface area contributed by atoms with Crippen LogP contribution in [0.3, 0.4) is 0 Å². The van der Waals surface area contributed by atoms with Crippen molar-refractivity contribution in [1.29, 1.82) is 0 Å². The molecule has 184 valence electrons. The summed E-state index contributed by atoms with van der Waals surface area (Å²) in [6.07, 6.45) is 2.77. The number of piperidine rings is 1. The zero-order valence-electron chi connectivity index (χ0n) is 19.9. The number of nitrogens with zero attached hydrogens (tertiary/aromatic N) is 2. The first kappa shape index (κ1) is 25.1. The van der Waals surface area contributed by atoms with Crippen molar-refractivity contribution in [3.8, 4) is 0 Å². The number of likely N-dealkylation sites (tertiary alicyclic amines) is 1. The lowest BCUT2D eigenvalue weighted by Crippen LogP contribution is -2.45. The highest BCUT2D eigenvalue weighted by atomic mass is 32.2. The van der Waals surface area contributed by atoms with Gasteiger partial charge in [-0.1, -0.05) is 60.2 Å². The quantitative estimate of drug-likeness (QED) is 0.452. The predicted octanol–water partition coefficient (Wildman–Crippen LogP) is 4.81. The van der Waals surface area contributed by atoms with E-state index in [1.165, 1.54) is 22.0 Å². The number of rotatable bonds is 8. The molecule has 1 amide bonds. The van der Waals surface area contributed by atoms with E-state index in [2.05, 4.69) is 12.1 Å². The number of carbonyl (C=O) groups excluding carboxylic acids is 1. The average Bonchev–Trinajstić information content (AvgIpc) is 2.86. The Morgan fingerprint density at radius 1 is 0.914 bits per heavy atom. The first-order valence-electron chi connectivity index (χ1n) is 11.9. The molecule has 3 aromatic rings. The van der Waals surface area contributed by atoms with Gasteiger partial charge < -0.3 is 4.90 Å². The van der Waals surface area contributed by atoms with Crippen LogP contribution in [0, 0.1) is 18.7 Å². The van der Waals surface area contributed by atoms with Gasteiger partial charge in [-0.15, -0.1) is 0 Å². The van der Waals surface area contributed by atoms with E-state index in [0.29, 0.717) is 24.6 Å². The molecule has 35 heavy (non-hydrogen) atoms. The molecular formula is C28H31FN2O3S. The van der Waals surface area contributed by atoms with Crippen LogP contribution in [0.1, 0.15) is 29.5 Å². The van der Waals surface area contributed by atoms with Gasteiger partial charge in [0.25, 0.3) is 0 Å². The Hall–Kier alpha value is -3.03. The molecule has 1 saturated heterocycles. The van der Waals surface area contributed by atoms with Crippen molar-refractivity contribution in [1.82, 2.24) is 9.21 Å². The molecular weight excluding hydrogens is 463 g/mol. The Labute approximate surface area is 207 Å². The second-order valence-corrected chi connectivity index (χ2v) is 11.2. The number of halogens is 1. The van der Waals surface area contributed by atoms with Gasteiger partial charge in [0, 0.05) is 19.6 Å². The van der Waals surface area contributed by atoms with Gasteiger partial charge in [-0.2, -0.15) is 4.31 Å². The zero-order valence-corrected chi connectivity index (χ0v) is 20.8. The summed E-state index contributed by atoms with van der Waals surface area (Å²) < 4.78 is 41.5. The first-order chi connectivity index (χ1) is 16.8. The smallest absolute Gasteiger partial charge is 0.243 e. The molecule has 0 bridgehead atoms. The molecule has 4 rings (SSSR count). The van der Waals surface area contributed by atoms with E-state index in [-0.39, 0.29) is 23.9 Å². The molecule has 1 fully saturated rings. The van der Waals surface area contributed by atoms with Crippen molar-refractivity contribution in [2.45, 2.75) is 37.6 Å². The summed E-state index contributed by atoms with van der Waals surface area (Å²) in [5.74, 6) is -0.0924. The monoisotopic (exact) mass is 494 g/mol. The van der Waals surface area contributed by atoms with E-state index in [1.807, 2.05) is 25.1 Å². The van der Waals surface area contributed by atoms with Gasteiger partial charge >= 0.3 is 0 Å². The summed E-state index contributed by atoms with van der Waals surface area (Å²) in [6.45, 7) is 2.86. The molecule has 0 atom stereocenters. The Kier molecular flexibility index (Phi) is 7.98. The third-order valence-electron chi connectivity index (χ3n) is 6.58. The fourth-order valence-electron chi connectivity index (χ4n) is 4.46. The molecule has 0 aliphatic carbocycles. The first-order valence-corrected chi connectivity index (χ1v) is 13.4. The number of hydrogen-bond acceptors (Lipinski definition) is 3. The fourth-order valence-corrected chi connectivity index (χ4v) is 5.84. The van der Waals surface area contributed by atoms with Gasteiger partial charge in [0.1, 0.15) is 5.82 Å². The van der Waals surface area contributed by atoms with E-state index < -0.39 is 15.8 Å². The second-order valence-electron chi connectivity index (χ2n) is 9.23. The number of amides is 1. The lowest BCUT2D eigenvalue weighted by Gasteiger charge is -2.33. The highest BCUT2D eigenvalue weighted by Crippen LogP contribution is 2.24. The predicted molar refractivity (Wildman–Crippen MR) is 135 cm³/mol. The van der Waals surface area contributed by atoms with E-state index in [9.17, 15) is 17.6 Å². The summed E-state index contributed by atoms with van der Waals surface area (Å²) in [4.78, 5) is 15.1. The second kappa shape index (κ2) is 11.1. The van der Waals surface area contributed by atoms with Crippen LogP contribution in [0.2, 0.25) is 0 Å². The topological polar surface area (TPSA) is 57.7 Å². The van der Waals surface area contributed by atoms with Gasteiger partial charge in [-0.3, -0.25) is 4.79 Å². The van der Waals surface area contributed by atoms with Gasteiger partial charge in [-0.25, -0.2) is 12.8 Å². The normalized spacial score (nSPS) is 14.9. The van der Waals surface area contributed by atoms with Crippen LogP contribution < -0.4 is 0 Å². The number of sulfonamides is 1. The molecule has 0 aromatic heterocycles. The lowest BCUT2D eigenvalue weighted by atomic mass is 9.90. The van der Waals surface area contributed by atoms with Crippen molar-refractivity contribution in [2.75, 3.05) is 19.6 Å². The summed E-state index contributed by atoms with van der Waals surface area (Å²) in [5.41, 5.74) is 2.87. The molecule has 1 heterocycles. The maximum Gasteiger partial charge on any atom is 0.243 e. The molecule has 7 heteroatoms. The highest BCUT2D eigenvalue weighted by molar-refractivity contribution is 7.89. The Bertz CT molecular complexity index is 1220. The Morgan fingerprint density at radius 2 is 1.54 bits per heavy atom. The third-order valence-corrected chi connectivity index (χ3v) is 8.38. The summed E-state index contributed by atoms with van der Waals surface area (Å²) in [5, 5.41) is 0. The third kappa shape index (κ3) is 6.55. The Balaban J connectivity index is 1.46. The van der Waals surface area contributed by atoms with Crippen molar-refractivity contribution < 1.29 is 17.6 Å². The molecule has 5 nitrogen and oxygen atoms in total. The Morgan fingerprint density at radius 3 is 2.17 bits per heavy atom. The maximum absolute atomic E-state index is 13.5. The SMILES string of the molecule is Cc1ccc(S(=O)(=O)N(CC(=O)N2CCC(Cc3ccccc3)CC2)Cc2ccc(F)cc2)cc1. The summed E-state index contributed by atoms with van der Waals surface area (Å²) >= 11 is 0. The molecule has 0 N–H and O–H groups in total. The van der Waals surface area contributed by atoms with Crippen LogP contribution in [-0.2, 0) is 27.8 Å². The summed E-state index contributed by atoms with van der Waals surface area (Å²) in [7, 11) is -3.92. The van der Waals surface area contributed by atoms with Crippen LogP contribution in [0.5, 0.6) is 0 Å². The standard InChI is InChI=1S/C28H31FN2O3S/c1-22-7-13-27(14-8-22)35(33,34)31(20-25-9-11-26(29)12-10-25)21-28(32)30-17-15-24(16-18-30)19-23-5-3-2-4-6-23/h2-14,24H,15-21H2,1H3. The minimum Gasteiger partial charge on any atom is -0.342 e. The molecule has 0 spiro atoms. The van der Waals surface area contributed by atoms with Crippen LogP contribution in [0.25, 0.3) is 0 Å². The highest BCUT2D eigenvalue weighted by Gasteiger charge is 2.30. The van der Waals surface area contributed by atoms with E-state index in [4.69, 9.17) is 0 Å². The molecule has 0 radical (unpaired) electrons. The van der Waals surface area contributed by atoms with Crippen molar-refractivity contribution in [3.05, 3.63) is 101 Å². The number of aryl methyl sites for hydroxylation is 1. The van der Waals surface area contributed by atoms with E-state index >= 15 is 0 Å². The van der Waals surface area contributed by atoms with Crippen LogP contribution in [-0.4, -0.2) is 43.2 Å². The van der Waals surface area contributed by atoms with Gasteiger partial charge in [0.05, 0.1) is 11.4 Å². The summed E-state index contributed by atoms with van der Waals surface area (Å²) in [6, 6.07) is 22.6. The molecule has 0 unspecified atom stereocenters. The van der Waals surface area contributed by atoms with Crippen LogP contribution in [0.4, 0.5) is 4.39 Å². The van der Waals surface area contributed by atoms with E-state index in [0.717, 1.165) is 24.8 Å². The number of benzene rings is 3. The molecule has 0 saturated carbocycles. The van der Waals surface area contributed by atoms with Crippen LogP contribution >= 0.6 is 0 Å². The van der Waals surface area contributed by atoms with Gasteiger partial charge in [0.15, 0.2) is 0 Å². The largest absolute Gasteiger partial charge is 0.342 e. The molecule has 3 aromatic carbocycles. The number of carbonyl (C=O) groups is 1. The number of hydrogen-bond donors (Lipinski definition) is 0. The zero-order chi connectivity index (χ0) is 24.8. The van der Waals surface area contributed by atoms with Crippen molar-refractivity contribution in [3.63, 3.8) is 0 Å². The van der Waals surface area contributed by atoms with Crippen molar-refractivity contribution in [2.24, 2.45) is 5.92 Å². The van der Waals surface area contributed by atoms with E-state index in [1.54, 1.807) is 41.3 Å². The maximum atomic E-state index is 13.5. The van der Waals surface area contributed by atoms with Crippen LogP contribution in [0.15, 0.2) is 83.8 Å². The lowest BCUT2D eigenvalue weighted by molar-refractivity contribution is -0.132. The molecule has 1 aliphatic heterocycles. The van der Waals surface area contributed by atoms with Gasteiger partial charge in [0.2, 0.25) is 15.9 Å². The van der Waals surface area contributed by atoms with Gasteiger partial charge in [-0.05, 0) is 67.5 Å². The molecule has 1 aliphatic rings.